The van der Waals surface area contributed by atoms with Gasteiger partial charge in [-0.3, -0.25) is 9.20 Å². The third kappa shape index (κ3) is 3.60. The first-order chi connectivity index (χ1) is 12.7. The number of thiazole rings is 1. The third-order valence-electron chi connectivity index (χ3n) is 3.91. The quantitative estimate of drug-likeness (QED) is 0.569. The summed E-state index contributed by atoms with van der Waals surface area (Å²) in [5.74, 6) is 1.47. The van der Waals surface area contributed by atoms with Crippen molar-refractivity contribution in [1.82, 2.24) is 18.9 Å². The highest BCUT2D eigenvalue weighted by Crippen LogP contribution is 2.17. The van der Waals surface area contributed by atoms with Crippen LogP contribution in [0.3, 0.4) is 0 Å². The number of hydrogen-bond acceptors (Lipinski definition) is 5. The Morgan fingerprint density at radius 1 is 1.27 bits per heavy atom. The molecular formula is C18H17N5O2S. The number of anilines is 1. The van der Waals surface area contributed by atoms with Gasteiger partial charge in [0.25, 0.3) is 0 Å². The predicted octanol–water partition coefficient (Wildman–Crippen LogP) is 2.89. The number of imidazole rings is 2. The maximum Gasteiger partial charge on any atom is 0.230 e. The summed E-state index contributed by atoms with van der Waals surface area (Å²) in [6.45, 7) is 0.395. The summed E-state index contributed by atoms with van der Waals surface area (Å²) in [5, 5.41) is 4.84. The lowest BCUT2D eigenvalue weighted by molar-refractivity contribution is -0.115. The first-order valence-electron chi connectivity index (χ1n) is 8.07. The highest BCUT2D eigenvalue weighted by molar-refractivity contribution is 7.15. The van der Waals surface area contributed by atoms with Gasteiger partial charge in [-0.05, 0) is 24.3 Å². The zero-order valence-corrected chi connectivity index (χ0v) is 14.9. The van der Waals surface area contributed by atoms with Crippen molar-refractivity contribution in [2.24, 2.45) is 7.05 Å². The monoisotopic (exact) mass is 367 g/mol. The molecule has 8 heteroatoms. The Hall–Kier alpha value is -3.13. The van der Waals surface area contributed by atoms with Gasteiger partial charge in [0.2, 0.25) is 5.91 Å². The number of aromatic nitrogens is 4. The van der Waals surface area contributed by atoms with Crippen molar-refractivity contribution in [2.45, 2.75) is 13.0 Å². The summed E-state index contributed by atoms with van der Waals surface area (Å²) >= 11 is 1.55. The average Bonchev–Trinajstić information content (AvgIpc) is 3.31. The minimum atomic E-state index is -0.0996. The predicted molar refractivity (Wildman–Crippen MR) is 99.4 cm³/mol. The number of carbonyl (C=O) groups excluding carboxylic acids is 1. The van der Waals surface area contributed by atoms with E-state index >= 15 is 0 Å². The van der Waals surface area contributed by atoms with Crippen molar-refractivity contribution >= 4 is 27.9 Å². The standard InChI is InChI=1S/C18H17N5O2S/c1-22-7-6-19-16(22)12-25-15-4-2-13(3-5-15)20-17(24)10-14-11-23-8-9-26-18(23)21-14/h2-9,11H,10,12H2,1H3,(H,20,24). The normalized spacial score (nSPS) is 11.0. The Balaban J connectivity index is 1.32. The molecule has 0 saturated carbocycles. The molecule has 1 amide bonds. The number of fused-ring (bicyclic) bond motifs is 1. The molecule has 3 aromatic heterocycles. The van der Waals surface area contributed by atoms with Crippen molar-refractivity contribution in [2.75, 3.05) is 5.32 Å². The van der Waals surface area contributed by atoms with Crippen molar-refractivity contribution in [1.29, 1.82) is 0 Å². The Morgan fingerprint density at radius 3 is 2.85 bits per heavy atom. The highest BCUT2D eigenvalue weighted by atomic mass is 32.1. The number of ether oxygens (including phenoxy) is 1. The first-order valence-corrected chi connectivity index (χ1v) is 8.95. The number of aryl methyl sites for hydroxylation is 1. The Kier molecular flexibility index (Phi) is 4.40. The number of rotatable bonds is 6. The highest BCUT2D eigenvalue weighted by Gasteiger charge is 2.09. The van der Waals surface area contributed by atoms with Gasteiger partial charge < -0.3 is 14.6 Å². The van der Waals surface area contributed by atoms with E-state index in [0.717, 1.165) is 27.9 Å². The molecule has 0 atom stereocenters. The van der Waals surface area contributed by atoms with Gasteiger partial charge in [-0.15, -0.1) is 11.3 Å². The average molecular weight is 367 g/mol. The molecule has 132 valence electrons. The van der Waals surface area contributed by atoms with Crippen LogP contribution in [0.25, 0.3) is 4.96 Å². The second kappa shape index (κ2) is 7.01. The van der Waals surface area contributed by atoms with Gasteiger partial charge in [-0.2, -0.15) is 0 Å². The largest absolute Gasteiger partial charge is 0.486 e. The molecule has 4 rings (SSSR count). The van der Waals surface area contributed by atoms with Crippen LogP contribution in [0.5, 0.6) is 5.75 Å². The molecule has 0 aliphatic carbocycles. The van der Waals surface area contributed by atoms with Crippen LogP contribution in [0.1, 0.15) is 11.5 Å². The maximum absolute atomic E-state index is 12.2. The van der Waals surface area contributed by atoms with Crippen LogP contribution < -0.4 is 10.1 Å². The Morgan fingerprint density at radius 2 is 2.12 bits per heavy atom. The minimum Gasteiger partial charge on any atom is -0.486 e. The Labute approximate surface area is 153 Å². The van der Waals surface area contributed by atoms with Crippen LogP contribution in [0, 0.1) is 0 Å². The number of carbonyl (C=O) groups is 1. The molecule has 0 aliphatic rings. The number of nitrogens with one attached hydrogen (secondary N) is 1. The van der Waals surface area contributed by atoms with E-state index in [1.165, 1.54) is 0 Å². The van der Waals surface area contributed by atoms with Crippen LogP contribution in [0.4, 0.5) is 5.69 Å². The lowest BCUT2D eigenvalue weighted by Gasteiger charge is -2.08. The van der Waals surface area contributed by atoms with E-state index in [4.69, 9.17) is 4.74 Å². The number of hydrogen-bond donors (Lipinski definition) is 1. The van der Waals surface area contributed by atoms with E-state index in [9.17, 15) is 4.79 Å². The first kappa shape index (κ1) is 16.3. The maximum atomic E-state index is 12.2. The van der Waals surface area contributed by atoms with Gasteiger partial charge in [0.15, 0.2) is 4.96 Å². The Bertz CT molecular complexity index is 1000. The van der Waals surface area contributed by atoms with E-state index in [-0.39, 0.29) is 12.3 Å². The van der Waals surface area contributed by atoms with Crippen molar-refractivity contribution in [3.05, 3.63) is 66.0 Å². The molecule has 0 bridgehead atoms. The van der Waals surface area contributed by atoms with E-state index in [1.807, 2.05) is 64.3 Å². The fraction of sp³-hybridized carbons (Fsp3) is 0.167. The van der Waals surface area contributed by atoms with Crippen LogP contribution in [-0.2, 0) is 24.9 Å². The van der Waals surface area contributed by atoms with Gasteiger partial charge in [0.1, 0.15) is 18.2 Å². The molecule has 0 saturated heterocycles. The van der Waals surface area contributed by atoms with E-state index in [2.05, 4.69) is 15.3 Å². The lowest BCUT2D eigenvalue weighted by Crippen LogP contribution is -2.14. The van der Waals surface area contributed by atoms with Crippen molar-refractivity contribution in [3.8, 4) is 5.75 Å². The van der Waals surface area contributed by atoms with Gasteiger partial charge in [-0.25, -0.2) is 9.97 Å². The molecular weight excluding hydrogens is 350 g/mol. The molecule has 4 aromatic rings. The van der Waals surface area contributed by atoms with Crippen LogP contribution in [-0.4, -0.2) is 24.8 Å². The van der Waals surface area contributed by atoms with E-state index < -0.39 is 0 Å². The molecule has 0 fully saturated rings. The molecule has 0 spiro atoms. The van der Waals surface area contributed by atoms with Gasteiger partial charge in [0.05, 0.1) is 12.1 Å². The third-order valence-corrected chi connectivity index (χ3v) is 4.68. The topological polar surface area (TPSA) is 73.5 Å². The van der Waals surface area contributed by atoms with Crippen molar-refractivity contribution < 1.29 is 9.53 Å². The summed E-state index contributed by atoms with van der Waals surface area (Å²) in [4.78, 5) is 21.7. The van der Waals surface area contributed by atoms with Crippen LogP contribution >= 0.6 is 11.3 Å². The second-order valence-corrected chi connectivity index (χ2v) is 6.69. The zero-order chi connectivity index (χ0) is 17.9. The SMILES string of the molecule is Cn1ccnc1COc1ccc(NC(=O)Cc2cn3ccsc3n2)cc1. The zero-order valence-electron chi connectivity index (χ0n) is 14.1. The molecule has 0 radical (unpaired) electrons. The molecule has 7 nitrogen and oxygen atoms in total. The smallest absolute Gasteiger partial charge is 0.230 e. The molecule has 3 heterocycles. The molecule has 0 unspecified atom stereocenters. The summed E-state index contributed by atoms with van der Waals surface area (Å²) in [5.41, 5.74) is 1.48. The summed E-state index contributed by atoms with van der Waals surface area (Å²) in [7, 11) is 1.92. The van der Waals surface area contributed by atoms with Crippen molar-refractivity contribution in [3.63, 3.8) is 0 Å². The van der Waals surface area contributed by atoms with E-state index in [1.54, 1.807) is 17.5 Å². The summed E-state index contributed by atoms with van der Waals surface area (Å²) in [6.07, 6.45) is 7.66. The lowest BCUT2D eigenvalue weighted by atomic mass is 10.2. The van der Waals surface area contributed by atoms with Crippen LogP contribution in [0.15, 0.2) is 54.4 Å². The molecule has 1 N–H and O–H groups in total. The fourth-order valence-electron chi connectivity index (χ4n) is 2.55. The molecule has 0 aliphatic heterocycles. The molecule has 26 heavy (non-hydrogen) atoms. The number of benzene rings is 1. The second-order valence-electron chi connectivity index (χ2n) is 5.82. The van der Waals surface area contributed by atoms with Gasteiger partial charge in [-0.1, -0.05) is 0 Å². The van der Waals surface area contributed by atoms with Gasteiger partial charge >= 0.3 is 0 Å². The van der Waals surface area contributed by atoms with E-state index in [0.29, 0.717) is 6.61 Å². The number of nitrogens with zero attached hydrogens (tertiary/aromatic N) is 4. The summed E-state index contributed by atoms with van der Waals surface area (Å²) in [6, 6.07) is 7.28. The summed E-state index contributed by atoms with van der Waals surface area (Å²) < 4.78 is 9.53. The number of amides is 1. The molecule has 1 aromatic carbocycles. The van der Waals surface area contributed by atoms with Crippen LogP contribution in [0.2, 0.25) is 0 Å². The van der Waals surface area contributed by atoms with Gasteiger partial charge in [0, 0.05) is 42.9 Å². The minimum absolute atomic E-state index is 0.0996. The fourth-order valence-corrected chi connectivity index (χ4v) is 3.27.